The maximum Gasteiger partial charge on any atom is 0.196 e. The molecule has 1 aliphatic carbocycles. The minimum Gasteiger partial charge on any atom is -0.395 e. The average Bonchev–Trinajstić information content (AvgIpc) is 2.89. The van der Waals surface area contributed by atoms with Gasteiger partial charge in [0.05, 0.1) is 35.3 Å². The molecule has 0 atom stereocenters. The molecule has 7 nitrogen and oxygen atoms in total. The maximum atomic E-state index is 13.4. The lowest BCUT2D eigenvalue weighted by molar-refractivity contribution is 0.0980. The van der Waals surface area contributed by atoms with E-state index in [1.54, 1.807) is 36.4 Å². The summed E-state index contributed by atoms with van der Waals surface area (Å²) in [6, 6.07) is 19.9. The predicted molar refractivity (Wildman–Crippen MR) is 134 cm³/mol. The van der Waals surface area contributed by atoms with Crippen molar-refractivity contribution in [1.29, 1.82) is 0 Å². The number of nitrogens with zero attached hydrogens (tertiary/aromatic N) is 3. The van der Waals surface area contributed by atoms with Gasteiger partial charge in [0.2, 0.25) is 0 Å². The summed E-state index contributed by atoms with van der Waals surface area (Å²) < 4.78 is 0. The number of anilines is 1. The number of aromatic nitrogens is 2. The summed E-state index contributed by atoms with van der Waals surface area (Å²) in [5.41, 5.74) is 4.43. The molecule has 35 heavy (non-hydrogen) atoms. The SMILES string of the molecule is O=C1c2ccccc2C(=O)c2c1ccc1nc3c(ccc4cccc(N(CCO)CCO)c43)nc21. The molecule has 7 heteroatoms. The van der Waals surface area contributed by atoms with Crippen LogP contribution in [0.3, 0.4) is 0 Å². The molecule has 4 aromatic carbocycles. The Morgan fingerprint density at radius 1 is 0.657 bits per heavy atom. The summed E-state index contributed by atoms with van der Waals surface area (Å²) in [6.45, 7) is 0.611. The monoisotopic (exact) mass is 463 g/mol. The molecule has 1 aromatic heterocycles. The summed E-state index contributed by atoms with van der Waals surface area (Å²) in [5, 5.41) is 20.9. The van der Waals surface area contributed by atoms with E-state index in [1.165, 1.54) is 0 Å². The van der Waals surface area contributed by atoms with Crippen LogP contribution in [-0.2, 0) is 0 Å². The summed E-state index contributed by atoms with van der Waals surface area (Å²) in [5.74, 6) is -0.420. The fourth-order valence-corrected chi connectivity index (χ4v) is 4.99. The number of hydrogen-bond donors (Lipinski definition) is 2. The Kier molecular flexibility index (Phi) is 5.02. The third-order valence-electron chi connectivity index (χ3n) is 6.56. The normalized spacial score (nSPS) is 12.9. The van der Waals surface area contributed by atoms with Crippen molar-refractivity contribution < 1.29 is 19.8 Å². The van der Waals surface area contributed by atoms with Crippen LogP contribution < -0.4 is 4.90 Å². The van der Waals surface area contributed by atoms with Gasteiger partial charge >= 0.3 is 0 Å². The van der Waals surface area contributed by atoms with Crippen molar-refractivity contribution in [2.75, 3.05) is 31.2 Å². The number of carbonyl (C=O) groups is 2. The van der Waals surface area contributed by atoms with E-state index < -0.39 is 0 Å². The van der Waals surface area contributed by atoms with E-state index in [2.05, 4.69) is 0 Å². The second kappa shape index (κ2) is 8.23. The van der Waals surface area contributed by atoms with Crippen LogP contribution in [0.2, 0.25) is 0 Å². The zero-order chi connectivity index (χ0) is 24.1. The van der Waals surface area contributed by atoms with Crippen molar-refractivity contribution in [3.8, 4) is 0 Å². The second-order valence-electron chi connectivity index (χ2n) is 8.53. The van der Waals surface area contributed by atoms with Gasteiger partial charge in [-0.2, -0.15) is 0 Å². The first-order valence-electron chi connectivity index (χ1n) is 11.4. The van der Waals surface area contributed by atoms with E-state index >= 15 is 0 Å². The molecule has 1 heterocycles. The zero-order valence-corrected chi connectivity index (χ0v) is 18.7. The smallest absolute Gasteiger partial charge is 0.196 e. The van der Waals surface area contributed by atoms with E-state index in [1.807, 2.05) is 35.2 Å². The lowest BCUT2D eigenvalue weighted by Crippen LogP contribution is -2.29. The number of rotatable bonds is 5. The molecule has 0 saturated heterocycles. The molecule has 0 spiro atoms. The highest BCUT2D eigenvalue weighted by molar-refractivity contribution is 6.31. The Labute approximate surface area is 200 Å². The van der Waals surface area contributed by atoms with Crippen molar-refractivity contribution in [3.05, 3.63) is 89.0 Å². The zero-order valence-electron chi connectivity index (χ0n) is 18.7. The molecule has 0 aliphatic heterocycles. The first-order valence-corrected chi connectivity index (χ1v) is 11.4. The molecule has 0 saturated carbocycles. The summed E-state index contributed by atoms with van der Waals surface area (Å²) in [6.07, 6.45) is 0. The van der Waals surface area contributed by atoms with Gasteiger partial charge in [-0.05, 0) is 29.7 Å². The van der Waals surface area contributed by atoms with Gasteiger partial charge in [0, 0.05) is 40.9 Å². The van der Waals surface area contributed by atoms with Crippen LogP contribution in [0.5, 0.6) is 0 Å². The largest absolute Gasteiger partial charge is 0.395 e. The van der Waals surface area contributed by atoms with Crippen LogP contribution in [-0.4, -0.2) is 58.1 Å². The van der Waals surface area contributed by atoms with Crippen molar-refractivity contribution in [2.24, 2.45) is 0 Å². The molecular weight excluding hydrogens is 442 g/mol. The molecule has 0 fully saturated rings. The minimum absolute atomic E-state index is 0.0560. The molecular formula is C28H21N3O4. The number of ketones is 2. The topological polar surface area (TPSA) is 104 Å². The maximum absolute atomic E-state index is 13.4. The van der Waals surface area contributed by atoms with Gasteiger partial charge in [0.15, 0.2) is 11.6 Å². The lowest BCUT2D eigenvalue weighted by atomic mass is 9.83. The molecule has 6 rings (SSSR count). The number of benzene rings is 4. The first-order chi connectivity index (χ1) is 17.1. The lowest BCUT2D eigenvalue weighted by Gasteiger charge is -2.25. The molecule has 0 radical (unpaired) electrons. The number of aliphatic hydroxyl groups is 2. The van der Waals surface area contributed by atoms with Gasteiger partial charge in [-0.3, -0.25) is 9.59 Å². The van der Waals surface area contributed by atoms with E-state index in [9.17, 15) is 19.8 Å². The van der Waals surface area contributed by atoms with Crippen LogP contribution in [0, 0.1) is 0 Å². The van der Waals surface area contributed by atoms with Crippen molar-refractivity contribution in [1.82, 2.24) is 9.97 Å². The van der Waals surface area contributed by atoms with Crippen molar-refractivity contribution in [2.45, 2.75) is 0 Å². The van der Waals surface area contributed by atoms with Crippen LogP contribution in [0.15, 0.2) is 66.7 Å². The van der Waals surface area contributed by atoms with E-state index in [0.717, 1.165) is 16.5 Å². The molecule has 1 aliphatic rings. The summed E-state index contributed by atoms with van der Waals surface area (Å²) in [7, 11) is 0. The van der Waals surface area contributed by atoms with E-state index in [-0.39, 0.29) is 30.3 Å². The first kappa shape index (κ1) is 21.3. The average molecular weight is 463 g/mol. The Hall–Kier alpha value is -4.20. The predicted octanol–water partition coefficient (Wildman–Crippen LogP) is 3.50. The third kappa shape index (κ3) is 3.20. The Morgan fingerprint density at radius 3 is 2.06 bits per heavy atom. The van der Waals surface area contributed by atoms with Gasteiger partial charge in [0.25, 0.3) is 0 Å². The fourth-order valence-electron chi connectivity index (χ4n) is 4.99. The minimum atomic E-state index is -0.229. The Balaban J connectivity index is 1.64. The van der Waals surface area contributed by atoms with Crippen LogP contribution in [0.25, 0.3) is 32.8 Å². The van der Waals surface area contributed by atoms with Crippen molar-refractivity contribution in [3.63, 3.8) is 0 Å². The second-order valence-corrected chi connectivity index (χ2v) is 8.53. The number of hydrogen-bond acceptors (Lipinski definition) is 7. The molecule has 0 unspecified atom stereocenters. The molecule has 0 amide bonds. The molecule has 172 valence electrons. The van der Waals surface area contributed by atoms with Gasteiger partial charge < -0.3 is 15.1 Å². The standard InChI is InChI=1S/C28H21N3O4/c32-14-12-31(13-15-33)22-7-3-4-16-8-10-20-25(23(16)22)29-21-11-9-19-24(26(21)30-20)28(35)18-6-2-1-5-17(18)27(19)34/h1-11,32-33H,12-15H2. The highest BCUT2D eigenvalue weighted by Gasteiger charge is 2.32. The van der Waals surface area contributed by atoms with Crippen molar-refractivity contribution >= 4 is 50.1 Å². The molecule has 0 bridgehead atoms. The summed E-state index contributed by atoms with van der Waals surface area (Å²) in [4.78, 5) is 38.2. The molecule has 5 aromatic rings. The number of fused-ring (bicyclic) bond motifs is 7. The number of aliphatic hydroxyl groups excluding tert-OH is 2. The van der Waals surface area contributed by atoms with Gasteiger partial charge in [-0.25, -0.2) is 9.97 Å². The van der Waals surface area contributed by atoms with Gasteiger partial charge in [-0.1, -0.05) is 42.5 Å². The third-order valence-corrected chi connectivity index (χ3v) is 6.56. The Morgan fingerprint density at radius 2 is 1.31 bits per heavy atom. The Bertz CT molecular complexity index is 1670. The van der Waals surface area contributed by atoms with E-state index in [0.29, 0.717) is 51.8 Å². The summed E-state index contributed by atoms with van der Waals surface area (Å²) >= 11 is 0. The van der Waals surface area contributed by atoms with Crippen LogP contribution >= 0.6 is 0 Å². The molecule has 2 N–H and O–H groups in total. The van der Waals surface area contributed by atoms with E-state index in [4.69, 9.17) is 9.97 Å². The number of carbonyl (C=O) groups excluding carboxylic acids is 2. The fraction of sp³-hybridized carbons (Fsp3) is 0.143. The highest BCUT2D eigenvalue weighted by Crippen LogP contribution is 2.36. The van der Waals surface area contributed by atoms with Gasteiger partial charge in [-0.15, -0.1) is 0 Å². The van der Waals surface area contributed by atoms with Crippen LogP contribution in [0.4, 0.5) is 5.69 Å². The van der Waals surface area contributed by atoms with Gasteiger partial charge in [0.1, 0.15) is 5.52 Å². The quantitative estimate of drug-likeness (QED) is 0.298. The highest BCUT2D eigenvalue weighted by atomic mass is 16.3. The van der Waals surface area contributed by atoms with Crippen LogP contribution in [0.1, 0.15) is 31.8 Å².